The molecule has 1 fully saturated rings. The van der Waals surface area contributed by atoms with Crippen LogP contribution in [0, 0.1) is 0 Å². The van der Waals surface area contributed by atoms with Crippen molar-refractivity contribution in [3.05, 3.63) is 58.9 Å². The molecule has 2 aliphatic heterocycles. The molecule has 6 heteroatoms. The van der Waals surface area contributed by atoms with E-state index < -0.39 is 0 Å². The Kier molecular flexibility index (Phi) is 6.65. The number of nitrogens with zero attached hydrogens (tertiary/aromatic N) is 3. The van der Waals surface area contributed by atoms with E-state index in [1.54, 1.807) is 4.90 Å². The number of hydrogen-bond acceptors (Lipinski definition) is 5. The number of carbonyl (C=O) groups excluding carboxylic acids is 1. The first kappa shape index (κ1) is 20.8. The van der Waals surface area contributed by atoms with Crippen LogP contribution in [-0.4, -0.2) is 67.6 Å². The summed E-state index contributed by atoms with van der Waals surface area (Å²) < 4.78 is 5.61. The van der Waals surface area contributed by atoms with Crippen LogP contribution in [0.1, 0.15) is 45.9 Å². The summed E-state index contributed by atoms with van der Waals surface area (Å²) >= 11 is 0. The molecule has 2 aromatic rings. The second-order valence-electron chi connectivity index (χ2n) is 8.39. The third-order valence-electron chi connectivity index (χ3n) is 6.24. The number of ether oxygens (including phenoxy) is 1. The molecule has 160 valence electrons. The molecular weight excluding hydrogens is 376 g/mol. The lowest BCUT2D eigenvalue weighted by Crippen LogP contribution is -2.37. The maximum Gasteiger partial charge on any atom is 0.254 e. The summed E-state index contributed by atoms with van der Waals surface area (Å²) in [4.78, 5) is 21.8. The van der Waals surface area contributed by atoms with Crippen molar-refractivity contribution in [2.24, 2.45) is 0 Å². The van der Waals surface area contributed by atoms with Crippen molar-refractivity contribution in [2.75, 3.05) is 46.9 Å². The molecule has 0 spiro atoms. The molecule has 0 bridgehead atoms. The molecular formula is C24H32N4O2. The van der Waals surface area contributed by atoms with Crippen LogP contribution in [0.2, 0.25) is 0 Å². The normalized spacial score (nSPS) is 16.9. The van der Waals surface area contributed by atoms with E-state index in [1.165, 1.54) is 5.56 Å². The maximum absolute atomic E-state index is 12.9. The Bertz CT molecular complexity index is 877. The van der Waals surface area contributed by atoms with Gasteiger partial charge in [0.25, 0.3) is 5.91 Å². The molecule has 0 saturated carbocycles. The van der Waals surface area contributed by atoms with E-state index in [0.29, 0.717) is 24.6 Å². The number of benzene rings is 1. The Morgan fingerprint density at radius 2 is 2.10 bits per heavy atom. The van der Waals surface area contributed by atoms with Gasteiger partial charge in [0.1, 0.15) is 5.75 Å². The summed E-state index contributed by atoms with van der Waals surface area (Å²) in [7, 11) is 3.86. The summed E-state index contributed by atoms with van der Waals surface area (Å²) in [5, 5.41) is 3.22. The molecule has 0 radical (unpaired) electrons. The lowest BCUT2D eigenvalue weighted by molar-refractivity contribution is 0.0784. The second-order valence-corrected chi connectivity index (χ2v) is 8.39. The number of pyridine rings is 1. The van der Waals surface area contributed by atoms with Gasteiger partial charge >= 0.3 is 0 Å². The molecule has 2 aliphatic rings. The van der Waals surface area contributed by atoms with Gasteiger partial charge in [0, 0.05) is 56.5 Å². The Hall–Kier alpha value is -2.44. The molecule has 0 aliphatic carbocycles. The van der Waals surface area contributed by atoms with Crippen molar-refractivity contribution in [2.45, 2.75) is 31.7 Å². The first-order valence-electron chi connectivity index (χ1n) is 11.0. The monoisotopic (exact) mass is 408 g/mol. The van der Waals surface area contributed by atoms with Crippen LogP contribution in [0.4, 0.5) is 0 Å². The molecule has 1 N–H and O–H groups in total. The molecule has 3 heterocycles. The molecule has 0 unspecified atom stereocenters. The number of aromatic nitrogens is 1. The summed E-state index contributed by atoms with van der Waals surface area (Å²) in [6, 6.07) is 9.99. The minimum absolute atomic E-state index is 0.0181. The average Bonchev–Trinajstić information content (AvgIpc) is 3.25. The fourth-order valence-electron chi connectivity index (χ4n) is 4.40. The lowest BCUT2D eigenvalue weighted by Gasteiger charge is -2.31. The predicted molar refractivity (Wildman–Crippen MR) is 118 cm³/mol. The lowest BCUT2D eigenvalue weighted by atomic mass is 9.92. The van der Waals surface area contributed by atoms with Crippen LogP contribution >= 0.6 is 0 Å². The van der Waals surface area contributed by atoms with E-state index >= 15 is 0 Å². The fraction of sp³-hybridized carbons (Fsp3) is 0.500. The van der Waals surface area contributed by atoms with Crippen LogP contribution in [0.25, 0.3) is 0 Å². The van der Waals surface area contributed by atoms with Crippen LogP contribution in [0.5, 0.6) is 5.75 Å². The number of amides is 1. The van der Waals surface area contributed by atoms with Crippen LogP contribution in [0.3, 0.4) is 0 Å². The Labute approximate surface area is 179 Å². The third kappa shape index (κ3) is 4.82. The van der Waals surface area contributed by atoms with Gasteiger partial charge in [-0.3, -0.25) is 9.78 Å². The number of likely N-dealkylation sites (tertiary alicyclic amines) is 1. The van der Waals surface area contributed by atoms with Gasteiger partial charge in [-0.05, 0) is 68.4 Å². The smallest absolute Gasteiger partial charge is 0.254 e. The minimum Gasteiger partial charge on any atom is -0.493 e. The number of likely N-dealkylation sites (N-methyl/N-ethyl adjacent to an activating group) is 1. The van der Waals surface area contributed by atoms with Gasteiger partial charge in [0.15, 0.2) is 0 Å². The first-order valence-corrected chi connectivity index (χ1v) is 11.0. The quantitative estimate of drug-likeness (QED) is 0.763. The van der Waals surface area contributed by atoms with Gasteiger partial charge in [-0.1, -0.05) is 6.07 Å². The number of rotatable bonds is 7. The zero-order valence-electron chi connectivity index (χ0n) is 18.1. The fourth-order valence-corrected chi connectivity index (χ4v) is 4.40. The number of hydrogen-bond donors (Lipinski definition) is 1. The highest BCUT2D eigenvalue weighted by Crippen LogP contribution is 2.28. The summed E-state index contributed by atoms with van der Waals surface area (Å²) in [5.74, 6) is 1.37. The van der Waals surface area contributed by atoms with E-state index in [-0.39, 0.29) is 5.91 Å². The average molecular weight is 409 g/mol. The number of piperidine rings is 1. The van der Waals surface area contributed by atoms with E-state index in [0.717, 1.165) is 62.4 Å². The number of carbonyl (C=O) groups is 1. The Morgan fingerprint density at radius 3 is 2.90 bits per heavy atom. The highest BCUT2D eigenvalue weighted by molar-refractivity contribution is 5.94. The number of fused-ring (bicyclic) bond motifs is 1. The molecule has 1 aromatic heterocycles. The first-order chi connectivity index (χ1) is 14.6. The summed E-state index contributed by atoms with van der Waals surface area (Å²) in [6.07, 6.45) is 5.10. The standard InChI is InChI=1S/C24H32N4O2/c1-25-10-13-28-11-6-19(7-12-28)22-15-18(5-9-26-22)17-27(2)24(29)21-4-3-20-8-14-30-23(20)16-21/h3-5,9,15-16,19,25H,6-8,10-14,17H2,1-2H3. The zero-order valence-corrected chi connectivity index (χ0v) is 18.1. The molecule has 4 rings (SSSR count). The van der Waals surface area contributed by atoms with Gasteiger partial charge < -0.3 is 19.9 Å². The van der Waals surface area contributed by atoms with Gasteiger partial charge in [0.2, 0.25) is 0 Å². The van der Waals surface area contributed by atoms with Crippen molar-refractivity contribution >= 4 is 5.91 Å². The van der Waals surface area contributed by atoms with Gasteiger partial charge in [-0.25, -0.2) is 0 Å². The SMILES string of the molecule is CNCCN1CCC(c2cc(CN(C)C(=O)c3ccc4c(c3)OCC4)ccn2)CC1. The minimum atomic E-state index is 0.0181. The largest absolute Gasteiger partial charge is 0.493 e. The Morgan fingerprint density at radius 1 is 1.27 bits per heavy atom. The van der Waals surface area contributed by atoms with Gasteiger partial charge in [0.05, 0.1) is 6.61 Å². The molecule has 6 nitrogen and oxygen atoms in total. The van der Waals surface area contributed by atoms with Gasteiger partial charge in [-0.15, -0.1) is 0 Å². The van der Waals surface area contributed by atoms with Crippen molar-refractivity contribution < 1.29 is 9.53 Å². The molecule has 30 heavy (non-hydrogen) atoms. The maximum atomic E-state index is 12.9. The highest BCUT2D eigenvalue weighted by Gasteiger charge is 2.22. The molecule has 1 saturated heterocycles. The summed E-state index contributed by atoms with van der Waals surface area (Å²) in [5.41, 5.74) is 4.16. The Balaban J connectivity index is 1.36. The predicted octanol–water partition coefficient (Wildman–Crippen LogP) is 2.69. The third-order valence-corrected chi connectivity index (χ3v) is 6.24. The van der Waals surface area contributed by atoms with Crippen LogP contribution in [0.15, 0.2) is 36.5 Å². The summed E-state index contributed by atoms with van der Waals surface area (Å²) in [6.45, 7) is 5.67. The van der Waals surface area contributed by atoms with E-state index in [9.17, 15) is 4.79 Å². The van der Waals surface area contributed by atoms with Crippen molar-refractivity contribution in [1.82, 2.24) is 20.1 Å². The van der Waals surface area contributed by atoms with Crippen molar-refractivity contribution in [1.29, 1.82) is 0 Å². The van der Waals surface area contributed by atoms with E-state index in [4.69, 9.17) is 4.74 Å². The van der Waals surface area contributed by atoms with E-state index in [1.807, 2.05) is 44.6 Å². The number of nitrogens with one attached hydrogen (secondary N) is 1. The highest BCUT2D eigenvalue weighted by atomic mass is 16.5. The zero-order chi connectivity index (χ0) is 20.9. The van der Waals surface area contributed by atoms with Crippen LogP contribution < -0.4 is 10.1 Å². The van der Waals surface area contributed by atoms with Crippen molar-refractivity contribution in [3.8, 4) is 5.75 Å². The second kappa shape index (κ2) is 9.58. The van der Waals surface area contributed by atoms with E-state index in [2.05, 4.69) is 21.3 Å². The topological polar surface area (TPSA) is 57.7 Å². The molecule has 1 aromatic carbocycles. The molecule has 1 amide bonds. The van der Waals surface area contributed by atoms with Crippen molar-refractivity contribution in [3.63, 3.8) is 0 Å². The van der Waals surface area contributed by atoms with Crippen LogP contribution in [-0.2, 0) is 13.0 Å². The molecule has 0 atom stereocenters. The van der Waals surface area contributed by atoms with Gasteiger partial charge in [-0.2, -0.15) is 0 Å².